The molecule has 2 unspecified atom stereocenters. The molecule has 1 aromatic heterocycles. The number of rotatable bonds is 5. The Bertz CT molecular complexity index is 385. The Hall–Kier alpha value is -1.09. The van der Waals surface area contributed by atoms with Gasteiger partial charge < -0.3 is 10.6 Å². The van der Waals surface area contributed by atoms with Gasteiger partial charge in [0.2, 0.25) is 0 Å². The van der Waals surface area contributed by atoms with Crippen LogP contribution in [0.5, 0.6) is 0 Å². The molecule has 0 radical (unpaired) electrons. The summed E-state index contributed by atoms with van der Waals surface area (Å²) in [5.41, 5.74) is 7.24. The van der Waals surface area contributed by atoms with Crippen LogP contribution in [0.4, 0.5) is 5.82 Å². The third-order valence-corrected chi connectivity index (χ3v) is 4.19. The molecule has 1 fully saturated rings. The predicted molar refractivity (Wildman–Crippen MR) is 81.4 cm³/mol. The number of hydrogen-bond acceptors (Lipinski definition) is 3. The SMILES string of the molecule is CCC(N)Cc1ccc(N2CCCC2C(C)C)nc1. The average molecular weight is 261 g/mol. The van der Waals surface area contributed by atoms with Crippen LogP contribution in [0.25, 0.3) is 0 Å². The van der Waals surface area contributed by atoms with Gasteiger partial charge in [-0.3, -0.25) is 0 Å². The van der Waals surface area contributed by atoms with Crippen LogP contribution in [-0.2, 0) is 6.42 Å². The molecule has 19 heavy (non-hydrogen) atoms. The fourth-order valence-electron chi connectivity index (χ4n) is 2.92. The number of anilines is 1. The van der Waals surface area contributed by atoms with Crippen LogP contribution in [0.1, 0.15) is 45.6 Å². The van der Waals surface area contributed by atoms with Gasteiger partial charge in [0.1, 0.15) is 5.82 Å². The summed E-state index contributed by atoms with van der Waals surface area (Å²) in [5, 5.41) is 0. The van der Waals surface area contributed by atoms with E-state index in [9.17, 15) is 0 Å². The van der Waals surface area contributed by atoms with Crippen molar-refractivity contribution in [2.75, 3.05) is 11.4 Å². The minimum absolute atomic E-state index is 0.253. The second kappa shape index (κ2) is 6.38. The molecule has 0 aromatic carbocycles. The molecule has 1 aliphatic heterocycles. The van der Waals surface area contributed by atoms with Gasteiger partial charge in [0.15, 0.2) is 0 Å². The lowest BCUT2D eigenvalue weighted by Gasteiger charge is -2.28. The summed E-state index contributed by atoms with van der Waals surface area (Å²) in [7, 11) is 0. The largest absolute Gasteiger partial charge is 0.353 e. The maximum atomic E-state index is 5.99. The molecule has 106 valence electrons. The van der Waals surface area contributed by atoms with Crippen LogP contribution in [0, 0.1) is 5.92 Å². The van der Waals surface area contributed by atoms with Gasteiger partial charge >= 0.3 is 0 Å². The quantitative estimate of drug-likeness (QED) is 0.886. The zero-order valence-electron chi connectivity index (χ0n) is 12.5. The number of nitrogens with two attached hydrogens (primary N) is 1. The summed E-state index contributed by atoms with van der Waals surface area (Å²) in [6.07, 6.45) is 6.52. The van der Waals surface area contributed by atoms with Crippen molar-refractivity contribution in [1.82, 2.24) is 4.98 Å². The Balaban J connectivity index is 2.05. The van der Waals surface area contributed by atoms with Crippen molar-refractivity contribution in [1.29, 1.82) is 0 Å². The zero-order valence-corrected chi connectivity index (χ0v) is 12.5. The van der Waals surface area contributed by atoms with Gasteiger partial charge in [-0.05, 0) is 43.2 Å². The smallest absolute Gasteiger partial charge is 0.128 e. The third-order valence-electron chi connectivity index (χ3n) is 4.19. The molecular formula is C16H27N3. The molecule has 0 saturated carbocycles. The molecule has 0 amide bonds. The van der Waals surface area contributed by atoms with Crippen molar-refractivity contribution < 1.29 is 0 Å². The summed E-state index contributed by atoms with van der Waals surface area (Å²) in [6.45, 7) is 7.88. The first-order valence-electron chi connectivity index (χ1n) is 7.59. The predicted octanol–water partition coefficient (Wildman–Crippen LogP) is 2.99. The molecule has 2 rings (SSSR count). The van der Waals surface area contributed by atoms with Crippen LogP contribution in [0.15, 0.2) is 18.3 Å². The van der Waals surface area contributed by atoms with E-state index in [0.717, 1.165) is 25.2 Å². The molecule has 0 aliphatic carbocycles. The molecule has 0 spiro atoms. The fraction of sp³-hybridized carbons (Fsp3) is 0.688. The number of hydrogen-bond donors (Lipinski definition) is 1. The molecule has 3 nitrogen and oxygen atoms in total. The van der Waals surface area contributed by atoms with E-state index in [1.165, 1.54) is 18.4 Å². The Labute approximate surface area is 117 Å². The van der Waals surface area contributed by atoms with Gasteiger partial charge in [-0.15, -0.1) is 0 Å². The average Bonchev–Trinajstić information content (AvgIpc) is 2.89. The Kier molecular flexibility index (Phi) is 4.81. The van der Waals surface area contributed by atoms with Gasteiger partial charge in [-0.25, -0.2) is 4.98 Å². The monoisotopic (exact) mass is 261 g/mol. The van der Waals surface area contributed by atoms with Crippen LogP contribution in [0.2, 0.25) is 0 Å². The molecule has 2 heterocycles. The summed E-state index contributed by atoms with van der Waals surface area (Å²) in [4.78, 5) is 7.12. The van der Waals surface area contributed by atoms with Crippen molar-refractivity contribution in [2.24, 2.45) is 11.7 Å². The van der Waals surface area contributed by atoms with Gasteiger partial charge in [0.25, 0.3) is 0 Å². The maximum absolute atomic E-state index is 5.99. The Morgan fingerprint density at radius 2 is 2.21 bits per heavy atom. The van der Waals surface area contributed by atoms with Gasteiger partial charge in [0, 0.05) is 24.8 Å². The van der Waals surface area contributed by atoms with E-state index < -0.39 is 0 Å². The van der Waals surface area contributed by atoms with E-state index in [4.69, 9.17) is 5.73 Å². The van der Waals surface area contributed by atoms with Crippen LogP contribution in [-0.4, -0.2) is 23.6 Å². The van der Waals surface area contributed by atoms with Gasteiger partial charge in [-0.1, -0.05) is 26.8 Å². The molecule has 3 heteroatoms. The van der Waals surface area contributed by atoms with E-state index in [1.807, 2.05) is 6.20 Å². The topological polar surface area (TPSA) is 42.1 Å². The normalized spacial score (nSPS) is 21.1. The van der Waals surface area contributed by atoms with Crippen molar-refractivity contribution in [3.05, 3.63) is 23.9 Å². The molecule has 1 aromatic rings. The minimum atomic E-state index is 0.253. The van der Waals surface area contributed by atoms with Crippen molar-refractivity contribution in [3.8, 4) is 0 Å². The minimum Gasteiger partial charge on any atom is -0.353 e. The van der Waals surface area contributed by atoms with Crippen molar-refractivity contribution in [2.45, 2.75) is 58.5 Å². The highest BCUT2D eigenvalue weighted by molar-refractivity contribution is 5.42. The lowest BCUT2D eigenvalue weighted by molar-refractivity contribution is 0.489. The van der Waals surface area contributed by atoms with Crippen LogP contribution >= 0.6 is 0 Å². The first kappa shape index (κ1) is 14.3. The first-order valence-corrected chi connectivity index (χ1v) is 7.59. The summed E-state index contributed by atoms with van der Waals surface area (Å²) >= 11 is 0. The van der Waals surface area contributed by atoms with Gasteiger partial charge in [-0.2, -0.15) is 0 Å². The second-order valence-electron chi connectivity index (χ2n) is 6.04. The Morgan fingerprint density at radius 1 is 1.42 bits per heavy atom. The molecule has 2 N–H and O–H groups in total. The number of nitrogens with zero attached hydrogens (tertiary/aromatic N) is 2. The second-order valence-corrected chi connectivity index (χ2v) is 6.04. The summed E-state index contributed by atoms with van der Waals surface area (Å²) < 4.78 is 0. The van der Waals surface area contributed by atoms with Crippen LogP contribution < -0.4 is 10.6 Å². The highest BCUT2D eigenvalue weighted by atomic mass is 15.2. The molecule has 1 aliphatic rings. The van der Waals surface area contributed by atoms with Gasteiger partial charge in [0.05, 0.1) is 0 Å². The van der Waals surface area contributed by atoms with Crippen molar-refractivity contribution >= 4 is 5.82 Å². The van der Waals surface area contributed by atoms with E-state index >= 15 is 0 Å². The third kappa shape index (κ3) is 3.47. The zero-order chi connectivity index (χ0) is 13.8. The maximum Gasteiger partial charge on any atom is 0.128 e. The molecule has 2 atom stereocenters. The van der Waals surface area contributed by atoms with E-state index in [2.05, 4.69) is 42.8 Å². The Morgan fingerprint density at radius 3 is 2.79 bits per heavy atom. The van der Waals surface area contributed by atoms with E-state index in [-0.39, 0.29) is 6.04 Å². The highest BCUT2D eigenvalue weighted by Gasteiger charge is 2.27. The molecular weight excluding hydrogens is 234 g/mol. The lowest BCUT2D eigenvalue weighted by Crippen LogP contribution is -2.33. The van der Waals surface area contributed by atoms with E-state index in [0.29, 0.717) is 12.0 Å². The summed E-state index contributed by atoms with van der Waals surface area (Å²) in [5.74, 6) is 1.82. The standard InChI is InChI=1S/C16H27N3/c1-4-14(17)10-13-7-8-16(18-11-13)19-9-5-6-15(19)12(2)3/h7-8,11-12,14-15H,4-6,9-10,17H2,1-3H3. The lowest BCUT2D eigenvalue weighted by atomic mass is 10.0. The van der Waals surface area contributed by atoms with E-state index in [1.54, 1.807) is 0 Å². The molecule has 1 saturated heterocycles. The summed E-state index contributed by atoms with van der Waals surface area (Å²) in [6, 6.07) is 5.26. The van der Waals surface area contributed by atoms with Crippen molar-refractivity contribution in [3.63, 3.8) is 0 Å². The fourth-order valence-corrected chi connectivity index (χ4v) is 2.92. The number of pyridine rings is 1. The highest BCUT2D eigenvalue weighted by Crippen LogP contribution is 2.28. The first-order chi connectivity index (χ1) is 9.11. The number of aromatic nitrogens is 1. The molecule has 0 bridgehead atoms. The van der Waals surface area contributed by atoms with Crippen LogP contribution in [0.3, 0.4) is 0 Å².